The fourth-order valence-electron chi connectivity index (χ4n) is 4.92. The molecule has 1 aliphatic rings. The normalized spacial score (nSPS) is 14.1. The zero-order chi connectivity index (χ0) is 26.5. The second-order valence-corrected chi connectivity index (χ2v) is 8.76. The van der Waals surface area contributed by atoms with E-state index in [1.54, 1.807) is 41.6 Å². The van der Waals surface area contributed by atoms with Crippen molar-refractivity contribution in [3.63, 3.8) is 0 Å². The molecule has 0 amide bonds. The van der Waals surface area contributed by atoms with E-state index in [9.17, 15) is 4.79 Å². The van der Waals surface area contributed by atoms with Crippen molar-refractivity contribution in [2.45, 2.75) is 25.4 Å². The van der Waals surface area contributed by atoms with E-state index in [2.05, 4.69) is 10.6 Å². The van der Waals surface area contributed by atoms with Crippen molar-refractivity contribution < 1.29 is 23.7 Å². The summed E-state index contributed by atoms with van der Waals surface area (Å²) >= 11 is 0. The minimum atomic E-state index is -0.0979. The van der Waals surface area contributed by atoms with Crippen LogP contribution in [0.4, 0.5) is 5.69 Å². The molecule has 0 spiro atoms. The number of ether oxygens (including phenoxy) is 5. The summed E-state index contributed by atoms with van der Waals surface area (Å²) in [5, 5.41) is 6.68. The summed E-state index contributed by atoms with van der Waals surface area (Å²) in [6.45, 7) is 0.428. The Morgan fingerprint density at radius 1 is 0.838 bits per heavy atom. The third-order valence-corrected chi connectivity index (χ3v) is 6.78. The lowest BCUT2D eigenvalue weighted by molar-refractivity contribution is 0.324. The summed E-state index contributed by atoms with van der Waals surface area (Å²) in [5.74, 6) is 3.11. The second-order valence-electron chi connectivity index (χ2n) is 8.76. The standard InChI is InChI=1S/C29H34N2O6/c1-30-23-9-7-18-13-26(35-4)28(36-5)29(37-6)27(18)21-8-10-24(25(32)15-22(21)23)31-16-17-11-19(33-2)14-20(12-17)34-3/h8,10-15,23,30H,7,9,16H2,1-6H3,(H,31,32)/t23-/m1/s1. The predicted molar refractivity (Wildman–Crippen MR) is 145 cm³/mol. The number of methoxy groups -OCH3 is 5. The minimum absolute atomic E-state index is 0.0142. The SMILES string of the molecule is CN[C@@H]1CCc2cc(OC)c(OC)c(OC)c2-c2ccc(NCc3cc(OC)cc(OC)c3)c(=O)cc21. The zero-order valence-corrected chi connectivity index (χ0v) is 22.2. The first-order chi connectivity index (χ1) is 18.0. The summed E-state index contributed by atoms with van der Waals surface area (Å²) in [4.78, 5) is 13.4. The fourth-order valence-corrected chi connectivity index (χ4v) is 4.92. The first-order valence-corrected chi connectivity index (χ1v) is 12.1. The average Bonchev–Trinajstić information content (AvgIpc) is 3.18. The molecule has 3 aromatic rings. The number of hydrogen-bond acceptors (Lipinski definition) is 8. The van der Waals surface area contributed by atoms with Crippen LogP contribution in [-0.2, 0) is 13.0 Å². The van der Waals surface area contributed by atoms with Crippen LogP contribution in [0.25, 0.3) is 11.1 Å². The van der Waals surface area contributed by atoms with Crippen molar-refractivity contribution in [3.8, 4) is 39.9 Å². The number of rotatable bonds is 9. The number of benzene rings is 2. The van der Waals surface area contributed by atoms with Crippen LogP contribution < -0.4 is 39.7 Å². The molecule has 0 radical (unpaired) electrons. The van der Waals surface area contributed by atoms with E-state index < -0.39 is 0 Å². The first-order valence-electron chi connectivity index (χ1n) is 12.1. The second kappa shape index (κ2) is 11.4. The van der Waals surface area contributed by atoms with Crippen LogP contribution >= 0.6 is 0 Å². The third kappa shape index (κ3) is 5.15. The molecule has 0 bridgehead atoms. The summed E-state index contributed by atoms with van der Waals surface area (Å²) < 4.78 is 27.9. The Morgan fingerprint density at radius 2 is 1.54 bits per heavy atom. The molecule has 0 aromatic heterocycles. The molecule has 0 heterocycles. The third-order valence-electron chi connectivity index (χ3n) is 6.78. The molecule has 0 fully saturated rings. The highest BCUT2D eigenvalue weighted by Crippen LogP contribution is 2.50. The molecule has 1 atom stereocenters. The van der Waals surface area contributed by atoms with Crippen molar-refractivity contribution in [2.75, 3.05) is 47.9 Å². The summed E-state index contributed by atoms with van der Waals surface area (Å²) in [6, 6.07) is 13.2. The molecule has 2 N–H and O–H groups in total. The van der Waals surface area contributed by atoms with Crippen LogP contribution in [0.1, 0.15) is 29.2 Å². The largest absolute Gasteiger partial charge is 0.497 e. The molecule has 4 rings (SSSR count). The van der Waals surface area contributed by atoms with Gasteiger partial charge in [-0.1, -0.05) is 6.07 Å². The summed E-state index contributed by atoms with van der Waals surface area (Å²) in [5.41, 5.74) is 5.13. The average molecular weight is 507 g/mol. The maximum Gasteiger partial charge on any atom is 0.203 e. The lowest BCUT2D eigenvalue weighted by Gasteiger charge is -2.19. The van der Waals surface area contributed by atoms with Gasteiger partial charge in [-0.2, -0.15) is 0 Å². The molecular weight excluding hydrogens is 472 g/mol. The lowest BCUT2D eigenvalue weighted by atomic mass is 9.95. The van der Waals surface area contributed by atoms with Gasteiger partial charge in [0.1, 0.15) is 11.5 Å². The molecule has 0 saturated heterocycles. The molecule has 196 valence electrons. The van der Waals surface area contributed by atoms with Gasteiger partial charge in [-0.25, -0.2) is 0 Å². The van der Waals surface area contributed by atoms with Crippen molar-refractivity contribution in [1.82, 2.24) is 5.32 Å². The first kappa shape index (κ1) is 26.2. The Morgan fingerprint density at radius 3 is 2.14 bits per heavy atom. The van der Waals surface area contributed by atoms with E-state index in [-0.39, 0.29) is 11.5 Å². The number of hydrogen-bond donors (Lipinski definition) is 2. The monoisotopic (exact) mass is 506 g/mol. The van der Waals surface area contributed by atoms with Gasteiger partial charge in [-0.15, -0.1) is 0 Å². The van der Waals surface area contributed by atoms with E-state index in [4.69, 9.17) is 23.7 Å². The number of aryl methyl sites for hydroxylation is 1. The number of anilines is 1. The van der Waals surface area contributed by atoms with E-state index in [0.29, 0.717) is 41.0 Å². The summed E-state index contributed by atoms with van der Waals surface area (Å²) in [7, 11) is 9.97. The van der Waals surface area contributed by atoms with Gasteiger partial charge in [-0.05, 0) is 72.5 Å². The highest BCUT2D eigenvalue weighted by atomic mass is 16.5. The van der Waals surface area contributed by atoms with E-state index in [0.717, 1.165) is 40.7 Å². The fraction of sp³-hybridized carbons (Fsp3) is 0.345. The Bertz CT molecular complexity index is 1320. The van der Waals surface area contributed by atoms with Gasteiger partial charge >= 0.3 is 0 Å². The quantitative estimate of drug-likeness (QED) is 0.436. The Labute approximate surface area is 217 Å². The van der Waals surface area contributed by atoms with E-state index in [1.807, 2.05) is 43.4 Å². The number of fused-ring (bicyclic) bond motifs is 3. The maximum atomic E-state index is 13.4. The molecule has 1 aliphatic carbocycles. The number of nitrogens with one attached hydrogen (secondary N) is 2. The van der Waals surface area contributed by atoms with Crippen LogP contribution in [0.5, 0.6) is 28.7 Å². The zero-order valence-electron chi connectivity index (χ0n) is 22.2. The molecular formula is C29H34N2O6. The van der Waals surface area contributed by atoms with Crippen LogP contribution in [-0.4, -0.2) is 42.6 Å². The van der Waals surface area contributed by atoms with Gasteiger partial charge in [0.25, 0.3) is 0 Å². The van der Waals surface area contributed by atoms with Gasteiger partial charge in [0, 0.05) is 24.2 Å². The molecule has 3 aromatic carbocycles. The predicted octanol–water partition coefficient (Wildman–Crippen LogP) is 4.58. The summed E-state index contributed by atoms with van der Waals surface area (Å²) in [6.07, 6.45) is 1.60. The smallest absolute Gasteiger partial charge is 0.203 e. The molecule has 8 nitrogen and oxygen atoms in total. The molecule has 37 heavy (non-hydrogen) atoms. The Hall–Kier alpha value is -3.91. The van der Waals surface area contributed by atoms with Gasteiger partial charge in [-0.3, -0.25) is 4.79 Å². The molecule has 0 unspecified atom stereocenters. The van der Waals surface area contributed by atoms with Gasteiger partial charge < -0.3 is 34.3 Å². The highest BCUT2D eigenvalue weighted by Gasteiger charge is 2.28. The molecule has 8 heteroatoms. The maximum absolute atomic E-state index is 13.4. The lowest BCUT2D eigenvalue weighted by Crippen LogP contribution is -2.18. The Balaban J connectivity index is 1.83. The van der Waals surface area contributed by atoms with Crippen molar-refractivity contribution in [3.05, 3.63) is 69.4 Å². The van der Waals surface area contributed by atoms with E-state index in [1.165, 1.54) is 0 Å². The van der Waals surface area contributed by atoms with Gasteiger partial charge in [0.2, 0.25) is 11.2 Å². The highest BCUT2D eigenvalue weighted by molar-refractivity contribution is 5.83. The van der Waals surface area contributed by atoms with Crippen LogP contribution in [0.2, 0.25) is 0 Å². The molecule has 0 saturated carbocycles. The van der Waals surface area contributed by atoms with Crippen molar-refractivity contribution in [1.29, 1.82) is 0 Å². The van der Waals surface area contributed by atoms with Crippen LogP contribution in [0, 0.1) is 0 Å². The van der Waals surface area contributed by atoms with Gasteiger partial charge in [0.05, 0.1) is 41.2 Å². The van der Waals surface area contributed by atoms with Crippen LogP contribution in [0.15, 0.2) is 47.3 Å². The minimum Gasteiger partial charge on any atom is -0.497 e. The van der Waals surface area contributed by atoms with Gasteiger partial charge in [0.15, 0.2) is 11.5 Å². The molecule has 0 aliphatic heterocycles. The van der Waals surface area contributed by atoms with Crippen LogP contribution in [0.3, 0.4) is 0 Å². The van der Waals surface area contributed by atoms with E-state index >= 15 is 0 Å². The Kier molecular flexibility index (Phi) is 8.08. The van der Waals surface area contributed by atoms with Crippen molar-refractivity contribution in [2.24, 2.45) is 0 Å². The topological polar surface area (TPSA) is 87.3 Å². The van der Waals surface area contributed by atoms with Crippen molar-refractivity contribution >= 4 is 5.69 Å².